The molecule has 2 amide bonds. The van der Waals surface area contributed by atoms with E-state index in [-0.39, 0.29) is 19.1 Å². The van der Waals surface area contributed by atoms with Gasteiger partial charge in [0.25, 0.3) is 0 Å². The van der Waals surface area contributed by atoms with Crippen molar-refractivity contribution < 1.29 is 14.7 Å². The van der Waals surface area contributed by atoms with Gasteiger partial charge in [-0.2, -0.15) is 0 Å². The highest BCUT2D eigenvalue weighted by Crippen LogP contribution is 2.17. The van der Waals surface area contributed by atoms with Crippen molar-refractivity contribution in [3.05, 3.63) is 0 Å². The van der Waals surface area contributed by atoms with Crippen LogP contribution in [0.4, 0.5) is 0 Å². The van der Waals surface area contributed by atoms with Gasteiger partial charge >= 0.3 is 0 Å². The van der Waals surface area contributed by atoms with E-state index >= 15 is 0 Å². The summed E-state index contributed by atoms with van der Waals surface area (Å²) >= 11 is 0. The molecule has 0 aromatic carbocycles. The second kappa shape index (κ2) is 3.53. The Labute approximate surface area is 70.1 Å². The molecule has 1 atom stereocenters. The van der Waals surface area contributed by atoms with Crippen molar-refractivity contribution >= 4 is 11.8 Å². The first-order valence-corrected chi connectivity index (χ1v) is 3.86. The summed E-state index contributed by atoms with van der Waals surface area (Å²) < 4.78 is 0. The number of likely N-dealkylation sites (tertiary alicyclic amines) is 1. The van der Waals surface area contributed by atoms with E-state index in [0.717, 1.165) is 0 Å². The van der Waals surface area contributed by atoms with Gasteiger partial charge in [-0.25, -0.2) is 0 Å². The van der Waals surface area contributed by atoms with E-state index in [1.54, 1.807) is 0 Å². The summed E-state index contributed by atoms with van der Waals surface area (Å²) in [6.07, 6.45) is 0.835. The number of carbonyl (C=O) groups is 2. The quantitative estimate of drug-likeness (QED) is 0.541. The first-order valence-electron chi connectivity index (χ1n) is 3.86. The molecule has 0 bridgehead atoms. The summed E-state index contributed by atoms with van der Waals surface area (Å²) in [6.45, 7) is 0.0714. The monoisotopic (exact) mass is 172 g/mol. The lowest BCUT2D eigenvalue weighted by molar-refractivity contribution is -0.134. The number of hydrogen-bond donors (Lipinski definition) is 2. The molecule has 3 N–H and O–H groups in total. The fourth-order valence-electron chi connectivity index (χ4n) is 1.42. The highest BCUT2D eigenvalue weighted by molar-refractivity contribution is 5.89. The number of hydrogen-bond acceptors (Lipinski definition) is 3. The number of rotatable bonds is 3. The fraction of sp³-hybridized carbons (Fsp3) is 0.714. The third-order valence-electron chi connectivity index (χ3n) is 2.00. The van der Waals surface area contributed by atoms with Crippen LogP contribution in [0.25, 0.3) is 0 Å². The Kier molecular flexibility index (Phi) is 2.65. The molecule has 0 saturated carbocycles. The van der Waals surface area contributed by atoms with Gasteiger partial charge in [0.15, 0.2) is 0 Å². The van der Waals surface area contributed by atoms with Crippen molar-refractivity contribution in [3.63, 3.8) is 0 Å². The van der Waals surface area contributed by atoms with Crippen molar-refractivity contribution in [2.45, 2.75) is 18.9 Å². The lowest BCUT2D eigenvalue weighted by Gasteiger charge is -2.20. The van der Waals surface area contributed by atoms with Gasteiger partial charge in [0.05, 0.1) is 6.61 Å². The van der Waals surface area contributed by atoms with Crippen molar-refractivity contribution in [1.82, 2.24) is 4.90 Å². The molecule has 1 aliphatic heterocycles. The van der Waals surface area contributed by atoms with Gasteiger partial charge in [0, 0.05) is 13.0 Å². The Morgan fingerprint density at radius 2 is 2.42 bits per heavy atom. The van der Waals surface area contributed by atoms with Crippen LogP contribution in [-0.2, 0) is 9.59 Å². The highest BCUT2D eigenvalue weighted by atomic mass is 16.3. The van der Waals surface area contributed by atoms with E-state index in [2.05, 4.69) is 0 Å². The number of β-amino-alcohol motifs (C(OH)–C–C–N with tert-alkyl or cyclic N) is 1. The second-order valence-electron chi connectivity index (χ2n) is 2.77. The maximum atomic E-state index is 11.1. The fourth-order valence-corrected chi connectivity index (χ4v) is 1.42. The van der Waals surface area contributed by atoms with Crippen molar-refractivity contribution in [3.8, 4) is 0 Å². The zero-order chi connectivity index (χ0) is 9.14. The Hall–Kier alpha value is -1.10. The topological polar surface area (TPSA) is 83.6 Å². The molecule has 0 aromatic heterocycles. The van der Waals surface area contributed by atoms with Crippen LogP contribution in [0, 0.1) is 0 Å². The first kappa shape index (κ1) is 8.99. The zero-order valence-electron chi connectivity index (χ0n) is 6.69. The van der Waals surface area contributed by atoms with Crippen LogP contribution in [0.1, 0.15) is 12.8 Å². The lowest BCUT2D eigenvalue weighted by atomic mass is 10.2. The van der Waals surface area contributed by atoms with E-state index in [9.17, 15) is 9.59 Å². The van der Waals surface area contributed by atoms with Gasteiger partial charge < -0.3 is 15.7 Å². The Morgan fingerprint density at radius 1 is 1.75 bits per heavy atom. The van der Waals surface area contributed by atoms with Crippen LogP contribution in [-0.4, -0.2) is 41.0 Å². The van der Waals surface area contributed by atoms with Crippen molar-refractivity contribution in [2.75, 3.05) is 13.2 Å². The maximum Gasteiger partial charge on any atom is 0.240 e. The predicted molar refractivity (Wildman–Crippen MR) is 41.0 cm³/mol. The average Bonchev–Trinajstić information content (AvgIpc) is 2.34. The predicted octanol–water partition coefficient (Wildman–Crippen LogP) is -1.54. The van der Waals surface area contributed by atoms with Gasteiger partial charge in [-0.05, 0) is 6.42 Å². The Balaban J connectivity index is 2.63. The van der Waals surface area contributed by atoms with Crippen LogP contribution in [0.15, 0.2) is 0 Å². The number of carbonyl (C=O) groups excluding carboxylic acids is 2. The van der Waals surface area contributed by atoms with Crippen LogP contribution in [0.2, 0.25) is 0 Å². The Morgan fingerprint density at radius 3 is 2.92 bits per heavy atom. The lowest BCUT2D eigenvalue weighted by Crippen LogP contribution is -2.43. The van der Waals surface area contributed by atoms with Gasteiger partial charge in [-0.15, -0.1) is 0 Å². The highest BCUT2D eigenvalue weighted by Gasteiger charge is 2.33. The van der Waals surface area contributed by atoms with Crippen LogP contribution < -0.4 is 5.73 Å². The summed E-state index contributed by atoms with van der Waals surface area (Å²) in [7, 11) is 0. The largest absolute Gasteiger partial charge is 0.395 e. The van der Waals surface area contributed by atoms with Crippen LogP contribution in [0.3, 0.4) is 0 Å². The molecule has 12 heavy (non-hydrogen) atoms. The zero-order valence-corrected chi connectivity index (χ0v) is 6.69. The summed E-state index contributed by atoms with van der Waals surface area (Å²) in [5, 5.41) is 8.60. The minimum Gasteiger partial charge on any atom is -0.395 e. The van der Waals surface area contributed by atoms with Crippen LogP contribution >= 0.6 is 0 Å². The molecule has 0 aromatic rings. The standard InChI is InChI=1S/C7H12N2O3/c8-7(12)5-1-2-6(11)9(5)3-4-10/h5,10H,1-4H2,(H2,8,12). The van der Waals surface area contributed by atoms with Gasteiger partial charge in [0.1, 0.15) is 6.04 Å². The van der Waals surface area contributed by atoms with E-state index < -0.39 is 11.9 Å². The molecule has 68 valence electrons. The smallest absolute Gasteiger partial charge is 0.240 e. The van der Waals surface area contributed by atoms with Crippen LogP contribution in [0.5, 0.6) is 0 Å². The van der Waals surface area contributed by atoms with E-state index in [1.807, 2.05) is 0 Å². The Bertz CT molecular complexity index is 205. The summed E-state index contributed by atoms with van der Waals surface area (Å²) in [5.41, 5.74) is 5.07. The number of nitrogens with zero attached hydrogens (tertiary/aromatic N) is 1. The SMILES string of the molecule is NC(=O)C1CCC(=O)N1CCO. The third-order valence-corrected chi connectivity index (χ3v) is 2.00. The molecular formula is C7H12N2O3. The summed E-state index contributed by atoms with van der Waals surface area (Å²) in [4.78, 5) is 23.2. The molecule has 0 aliphatic carbocycles. The van der Waals surface area contributed by atoms with Gasteiger partial charge in [0.2, 0.25) is 11.8 Å². The number of amides is 2. The summed E-state index contributed by atoms with van der Waals surface area (Å²) in [5.74, 6) is -0.595. The number of aliphatic hydroxyl groups is 1. The number of nitrogens with two attached hydrogens (primary N) is 1. The minimum atomic E-state index is -0.510. The van der Waals surface area contributed by atoms with Gasteiger partial charge in [-0.3, -0.25) is 9.59 Å². The molecule has 0 spiro atoms. The third kappa shape index (κ3) is 1.55. The van der Waals surface area contributed by atoms with E-state index in [0.29, 0.717) is 12.8 Å². The molecule has 5 nitrogen and oxygen atoms in total. The molecule has 1 rings (SSSR count). The van der Waals surface area contributed by atoms with Crippen molar-refractivity contribution in [2.24, 2.45) is 5.73 Å². The van der Waals surface area contributed by atoms with Gasteiger partial charge in [-0.1, -0.05) is 0 Å². The molecule has 1 fully saturated rings. The number of primary amides is 1. The molecule has 5 heteroatoms. The average molecular weight is 172 g/mol. The normalized spacial score (nSPS) is 23.2. The molecule has 0 radical (unpaired) electrons. The van der Waals surface area contributed by atoms with E-state index in [1.165, 1.54) is 4.90 Å². The minimum absolute atomic E-state index is 0.104. The molecule has 1 heterocycles. The second-order valence-corrected chi connectivity index (χ2v) is 2.77. The van der Waals surface area contributed by atoms with E-state index in [4.69, 9.17) is 10.8 Å². The molecular weight excluding hydrogens is 160 g/mol. The molecule has 1 saturated heterocycles. The number of aliphatic hydroxyl groups excluding tert-OH is 1. The first-order chi connectivity index (χ1) is 5.66. The van der Waals surface area contributed by atoms with Crippen molar-refractivity contribution in [1.29, 1.82) is 0 Å². The maximum absolute atomic E-state index is 11.1. The molecule has 1 aliphatic rings. The summed E-state index contributed by atoms with van der Waals surface area (Å²) in [6, 6.07) is -0.510. The molecule has 1 unspecified atom stereocenters.